The van der Waals surface area contributed by atoms with Crippen LogP contribution in [0.2, 0.25) is 0 Å². The lowest BCUT2D eigenvalue weighted by molar-refractivity contribution is 0.412. The Morgan fingerprint density at radius 2 is 2.16 bits per heavy atom. The summed E-state index contributed by atoms with van der Waals surface area (Å²) in [5.41, 5.74) is 2.13. The Balaban J connectivity index is 2.06. The highest BCUT2D eigenvalue weighted by Crippen LogP contribution is 2.19. The fourth-order valence-corrected chi connectivity index (χ4v) is 2.88. The Morgan fingerprint density at radius 3 is 2.84 bits per heavy atom. The van der Waals surface area contributed by atoms with Gasteiger partial charge in [0.25, 0.3) is 5.56 Å². The predicted octanol–water partition coefficient (Wildman–Crippen LogP) is 2.54. The first-order chi connectivity index (χ1) is 8.88. The van der Waals surface area contributed by atoms with Gasteiger partial charge in [0.1, 0.15) is 4.70 Å². The van der Waals surface area contributed by atoms with Crippen LogP contribution < -0.4 is 10.9 Å². The zero-order valence-corrected chi connectivity index (χ0v) is 12.8. The van der Waals surface area contributed by atoms with E-state index >= 15 is 0 Å². The maximum absolute atomic E-state index is 12.2. The summed E-state index contributed by atoms with van der Waals surface area (Å²) in [6, 6.07) is 0. The number of hydrogen-bond acceptors (Lipinski definition) is 4. The minimum Gasteiger partial charge on any atom is -0.312 e. The summed E-state index contributed by atoms with van der Waals surface area (Å²) in [5.74, 6) is 0. The van der Waals surface area contributed by atoms with Crippen molar-refractivity contribution in [3.05, 3.63) is 27.6 Å². The van der Waals surface area contributed by atoms with Crippen molar-refractivity contribution in [1.82, 2.24) is 14.9 Å². The molecule has 0 radical (unpaired) electrons. The molecule has 5 heteroatoms. The van der Waals surface area contributed by atoms with Crippen LogP contribution in [0.1, 0.15) is 32.8 Å². The second-order valence-corrected chi connectivity index (χ2v) is 6.75. The van der Waals surface area contributed by atoms with Crippen LogP contribution >= 0.6 is 11.3 Å². The topological polar surface area (TPSA) is 46.9 Å². The first-order valence-corrected chi connectivity index (χ1v) is 7.45. The second kappa shape index (κ2) is 5.43. The molecule has 2 rings (SSSR count). The highest BCUT2D eigenvalue weighted by atomic mass is 32.1. The summed E-state index contributed by atoms with van der Waals surface area (Å²) in [6.45, 7) is 10.0. The van der Waals surface area contributed by atoms with Crippen LogP contribution in [0.25, 0.3) is 10.2 Å². The monoisotopic (exact) mass is 279 g/mol. The SMILES string of the molecule is Cc1csc2c(=O)n(CCCNC(C)(C)C)cnc12. The molecule has 2 heterocycles. The number of aryl methyl sites for hydroxylation is 2. The molecule has 0 amide bonds. The van der Waals surface area contributed by atoms with Crippen molar-refractivity contribution in [2.24, 2.45) is 0 Å². The van der Waals surface area contributed by atoms with Gasteiger partial charge in [-0.15, -0.1) is 11.3 Å². The molecule has 0 aliphatic carbocycles. The lowest BCUT2D eigenvalue weighted by atomic mass is 10.1. The van der Waals surface area contributed by atoms with Crippen molar-refractivity contribution < 1.29 is 0 Å². The van der Waals surface area contributed by atoms with E-state index in [9.17, 15) is 4.79 Å². The van der Waals surface area contributed by atoms with Crippen molar-refractivity contribution in [3.63, 3.8) is 0 Å². The third kappa shape index (κ3) is 3.42. The van der Waals surface area contributed by atoms with Crippen molar-refractivity contribution in [1.29, 1.82) is 0 Å². The second-order valence-electron chi connectivity index (χ2n) is 5.87. The highest BCUT2D eigenvalue weighted by molar-refractivity contribution is 7.17. The smallest absolute Gasteiger partial charge is 0.271 e. The summed E-state index contributed by atoms with van der Waals surface area (Å²) >= 11 is 1.49. The van der Waals surface area contributed by atoms with Gasteiger partial charge < -0.3 is 5.32 Å². The van der Waals surface area contributed by atoms with Gasteiger partial charge in [-0.05, 0) is 51.6 Å². The molecule has 2 aromatic rings. The summed E-state index contributed by atoms with van der Waals surface area (Å²) in [5, 5.41) is 5.41. The molecule has 2 aromatic heterocycles. The minimum absolute atomic E-state index is 0.0823. The van der Waals surface area contributed by atoms with Crippen LogP contribution in [0.5, 0.6) is 0 Å². The molecular formula is C14H21N3OS. The lowest BCUT2D eigenvalue weighted by Gasteiger charge is -2.20. The van der Waals surface area contributed by atoms with Gasteiger partial charge >= 0.3 is 0 Å². The number of thiophene rings is 1. The Kier molecular flexibility index (Phi) is 4.06. The minimum atomic E-state index is 0.0823. The fourth-order valence-electron chi connectivity index (χ4n) is 1.93. The molecule has 0 aliphatic rings. The molecule has 0 fully saturated rings. The molecule has 0 spiro atoms. The maximum atomic E-state index is 12.2. The van der Waals surface area contributed by atoms with Crippen molar-refractivity contribution in [2.45, 2.75) is 46.2 Å². The van der Waals surface area contributed by atoms with Crippen LogP contribution in [0.3, 0.4) is 0 Å². The van der Waals surface area contributed by atoms with E-state index < -0.39 is 0 Å². The molecule has 0 saturated carbocycles. The van der Waals surface area contributed by atoms with Crippen molar-refractivity contribution in [2.75, 3.05) is 6.54 Å². The standard InChI is InChI=1S/C14H21N3OS/c1-10-8-19-12-11(10)15-9-17(13(12)18)7-5-6-16-14(2,3)4/h8-9,16H,5-7H2,1-4H3. The number of fused-ring (bicyclic) bond motifs is 1. The maximum Gasteiger partial charge on any atom is 0.271 e. The van der Waals surface area contributed by atoms with E-state index in [1.807, 2.05) is 12.3 Å². The quantitative estimate of drug-likeness (QED) is 0.875. The third-order valence-electron chi connectivity index (χ3n) is 2.95. The number of hydrogen-bond donors (Lipinski definition) is 1. The molecule has 1 N–H and O–H groups in total. The molecule has 0 aliphatic heterocycles. The predicted molar refractivity (Wildman–Crippen MR) is 81.0 cm³/mol. The summed E-state index contributed by atoms with van der Waals surface area (Å²) in [4.78, 5) is 16.6. The largest absolute Gasteiger partial charge is 0.312 e. The van der Waals surface area contributed by atoms with E-state index in [1.165, 1.54) is 11.3 Å². The Labute approximate surface area is 117 Å². The van der Waals surface area contributed by atoms with Crippen molar-refractivity contribution in [3.8, 4) is 0 Å². The fraction of sp³-hybridized carbons (Fsp3) is 0.571. The summed E-state index contributed by atoms with van der Waals surface area (Å²) in [6.07, 6.45) is 2.59. The van der Waals surface area contributed by atoms with E-state index in [2.05, 4.69) is 31.1 Å². The summed E-state index contributed by atoms with van der Waals surface area (Å²) in [7, 11) is 0. The number of nitrogens with one attached hydrogen (secondary N) is 1. The lowest BCUT2D eigenvalue weighted by Crippen LogP contribution is -2.37. The van der Waals surface area contributed by atoms with Crippen LogP contribution in [-0.4, -0.2) is 21.6 Å². The van der Waals surface area contributed by atoms with Gasteiger partial charge in [0, 0.05) is 12.1 Å². The third-order valence-corrected chi connectivity index (χ3v) is 4.03. The van der Waals surface area contributed by atoms with Gasteiger partial charge in [-0.25, -0.2) is 4.98 Å². The average Bonchev–Trinajstić information content (AvgIpc) is 2.69. The molecule has 104 valence electrons. The van der Waals surface area contributed by atoms with E-state index in [4.69, 9.17) is 0 Å². The molecule has 0 unspecified atom stereocenters. The summed E-state index contributed by atoms with van der Waals surface area (Å²) < 4.78 is 2.48. The first-order valence-electron chi connectivity index (χ1n) is 6.57. The zero-order valence-electron chi connectivity index (χ0n) is 12.0. The molecule has 0 atom stereocenters. The van der Waals surface area contributed by atoms with Gasteiger partial charge in [0.15, 0.2) is 0 Å². The van der Waals surface area contributed by atoms with Gasteiger partial charge in [-0.1, -0.05) is 0 Å². The Bertz CT molecular complexity index is 622. The normalized spacial score (nSPS) is 12.2. The van der Waals surface area contributed by atoms with Crippen LogP contribution in [0, 0.1) is 6.92 Å². The van der Waals surface area contributed by atoms with Crippen LogP contribution in [0.15, 0.2) is 16.5 Å². The van der Waals surface area contributed by atoms with E-state index in [1.54, 1.807) is 10.9 Å². The average molecular weight is 279 g/mol. The molecule has 0 aromatic carbocycles. The number of aromatic nitrogens is 2. The van der Waals surface area contributed by atoms with Gasteiger partial charge in [-0.3, -0.25) is 9.36 Å². The van der Waals surface area contributed by atoms with Crippen LogP contribution in [-0.2, 0) is 6.54 Å². The number of rotatable bonds is 4. The van der Waals surface area contributed by atoms with E-state index in [-0.39, 0.29) is 11.1 Å². The molecule has 0 bridgehead atoms. The molecule has 19 heavy (non-hydrogen) atoms. The number of nitrogens with zero attached hydrogens (tertiary/aromatic N) is 2. The Hall–Kier alpha value is -1.20. The van der Waals surface area contributed by atoms with E-state index in [0.717, 1.165) is 28.7 Å². The van der Waals surface area contributed by atoms with Gasteiger partial charge in [0.2, 0.25) is 0 Å². The van der Waals surface area contributed by atoms with Crippen LogP contribution in [0.4, 0.5) is 0 Å². The Morgan fingerprint density at radius 1 is 1.42 bits per heavy atom. The van der Waals surface area contributed by atoms with Crippen molar-refractivity contribution >= 4 is 21.6 Å². The highest BCUT2D eigenvalue weighted by Gasteiger charge is 2.09. The molecule has 0 saturated heterocycles. The first kappa shape index (κ1) is 14.2. The van der Waals surface area contributed by atoms with Gasteiger partial charge in [0.05, 0.1) is 11.8 Å². The zero-order chi connectivity index (χ0) is 14.0. The van der Waals surface area contributed by atoms with Gasteiger partial charge in [-0.2, -0.15) is 0 Å². The van der Waals surface area contributed by atoms with E-state index in [0.29, 0.717) is 6.54 Å². The molecular weight excluding hydrogens is 258 g/mol. The molecule has 4 nitrogen and oxygen atoms in total.